The van der Waals surface area contributed by atoms with Gasteiger partial charge in [0.2, 0.25) is 0 Å². The van der Waals surface area contributed by atoms with E-state index >= 15 is 0 Å². The number of rotatable bonds is 8. The molecule has 0 aliphatic carbocycles. The average Bonchev–Trinajstić information content (AvgIpc) is 2.87. The number of allylic oxidation sites excluding steroid dienone is 5. The lowest BCUT2D eigenvalue weighted by molar-refractivity contribution is -0.396. The quantitative estimate of drug-likeness (QED) is 0.415. The van der Waals surface area contributed by atoms with E-state index in [2.05, 4.69) is 11.6 Å². The fourth-order valence-electron chi connectivity index (χ4n) is 1.62. The van der Waals surface area contributed by atoms with Crippen LogP contribution in [-0.2, 0) is 11.3 Å². The Bertz CT molecular complexity index is 556. The third-order valence-corrected chi connectivity index (χ3v) is 2.66. The van der Waals surface area contributed by atoms with Crippen molar-refractivity contribution in [2.45, 2.75) is 26.3 Å². The van der Waals surface area contributed by atoms with E-state index in [1.54, 1.807) is 6.08 Å². The van der Waals surface area contributed by atoms with Gasteiger partial charge < -0.3 is 10.1 Å². The van der Waals surface area contributed by atoms with Gasteiger partial charge in [-0.05, 0) is 23.8 Å². The van der Waals surface area contributed by atoms with E-state index in [0.717, 1.165) is 5.57 Å². The van der Waals surface area contributed by atoms with Gasteiger partial charge in [-0.3, -0.25) is 4.79 Å². The maximum Gasteiger partial charge on any atom is 0.434 e. The number of Topliss-reactive ketones (excluding diaryl/α,β-unsaturated/α-hetero) is 1. The Morgan fingerprint density at radius 3 is 2.90 bits per heavy atom. The Morgan fingerprint density at radius 2 is 2.30 bits per heavy atom. The lowest BCUT2D eigenvalue weighted by Gasteiger charge is -2.02. The van der Waals surface area contributed by atoms with Crippen LogP contribution in [0.25, 0.3) is 0 Å². The van der Waals surface area contributed by atoms with Crippen LogP contribution in [0.15, 0.2) is 48.8 Å². The molecule has 0 spiro atoms. The summed E-state index contributed by atoms with van der Waals surface area (Å²) in [6, 6.07) is 0. The van der Waals surface area contributed by atoms with Crippen LogP contribution < -0.4 is 0 Å². The van der Waals surface area contributed by atoms with Gasteiger partial charge in [0.25, 0.3) is 0 Å². The summed E-state index contributed by atoms with van der Waals surface area (Å²) in [4.78, 5) is 25.5. The largest absolute Gasteiger partial charge is 0.434 e. The van der Waals surface area contributed by atoms with Crippen LogP contribution in [0, 0.1) is 10.1 Å². The molecule has 106 valence electrons. The maximum absolute atomic E-state index is 11.8. The first-order valence-corrected chi connectivity index (χ1v) is 6.20. The van der Waals surface area contributed by atoms with Crippen molar-refractivity contribution < 1.29 is 9.72 Å². The SMILES string of the molecule is C=C/C(=C\C=C/C)CCC(=O)Cn1ccnc1[N+](=O)[O-]. The van der Waals surface area contributed by atoms with Crippen molar-refractivity contribution in [2.24, 2.45) is 0 Å². The van der Waals surface area contributed by atoms with Gasteiger partial charge in [-0.2, -0.15) is 0 Å². The zero-order valence-corrected chi connectivity index (χ0v) is 11.4. The van der Waals surface area contributed by atoms with Gasteiger partial charge in [0.05, 0.1) is 0 Å². The smallest absolute Gasteiger partial charge is 0.390 e. The Balaban J connectivity index is 2.58. The summed E-state index contributed by atoms with van der Waals surface area (Å²) in [5, 5.41) is 10.7. The van der Waals surface area contributed by atoms with Gasteiger partial charge in [-0.1, -0.05) is 35.9 Å². The molecule has 1 aromatic rings. The number of nitrogens with zero attached hydrogens (tertiary/aromatic N) is 3. The Kier molecular flexibility index (Phi) is 6.09. The second kappa shape index (κ2) is 7.83. The van der Waals surface area contributed by atoms with E-state index in [1.165, 1.54) is 17.0 Å². The molecule has 6 heteroatoms. The minimum atomic E-state index is -0.603. The molecule has 1 rings (SSSR count). The molecular formula is C14H17N3O3. The zero-order chi connectivity index (χ0) is 15.0. The molecule has 1 aromatic heterocycles. The molecule has 0 saturated carbocycles. The summed E-state index contributed by atoms with van der Waals surface area (Å²) >= 11 is 0. The summed E-state index contributed by atoms with van der Waals surface area (Å²) < 4.78 is 1.24. The summed E-state index contributed by atoms with van der Waals surface area (Å²) in [5.74, 6) is -0.397. The second-order valence-corrected chi connectivity index (χ2v) is 4.12. The topological polar surface area (TPSA) is 78.0 Å². The monoisotopic (exact) mass is 275 g/mol. The van der Waals surface area contributed by atoms with Gasteiger partial charge >= 0.3 is 5.95 Å². The molecule has 0 aromatic carbocycles. The van der Waals surface area contributed by atoms with Crippen LogP contribution >= 0.6 is 0 Å². The normalized spacial score (nSPS) is 11.8. The van der Waals surface area contributed by atoms with Crippen molar-refractivity contribution in [2.75, 3.05) is 0 Å². The molecule has 0 atom stereocenters. The average molecular weight is 275 g/mol. The molecule has 0 unspecified atom stereocenters. The highest BCUT2D eigenvalue weighted by Gasteiger charge is 2.16. The molecule has 20 heavy (non-hydrogen) atoms. The minimum absolute atomic E-state index is 0.0373. The highest BCUT2D eigenvalue weighted by atomic mass is 16.6. The number of ketones is 1. The number of hydrogen-bond acceptors (Lipinski definition) is 4. The molecule has 0 bridgehead atoms. The van der Waals surface area contributed by atoms with E-state index in [-0.39, 0.29) is 18.3 Å². The molecule has 0 N–H and O–H groups in total. The van der Waals surface area contributed by atoms with Crippen LogP contribution in [0.4, 0.5) is 5.95 Å². The zero-order valence-electron chi connectivity index (χ0n) is 11.4. The summed E-state index contributed by atoms with van der Waals surface area (Å²) in [6.07, 6.45) is 11.0. The van der Waals surface area contributed by atoms with E-state index < -0.39 is 4.92 Å². The van der Waals surface area contributed by atoms with Crippen molar-refractivity contribution in [1.29, 1.82) is 0 Å². The molecule has 0 amide bonds. The van der Waals surface area contributed by atoms with E-state index in [9.17, 15) is 14.9 Å². The predicted octanol–water partition coefficient (Wildman–Crippen LogP) is 2.83. The third-order valence-electron chi connectivity index (χ3n) is 2.66. The van der Waals surface area contributed by atoms with Gasteiger partial charge in [-0.15, -0.1) is 0 Å². The molecule has 1 heterocycles. The number of carbonyl (C=O) groups is 1. The third kappa shape index (κ3) is 4.64. The first-order chi connectivity index (χ1) is 9.58. The van der Waals surface area contributed by atoms with Crippen molar-refractivity contribution >= 4 is 11.7 Å². The number of carbonyl (C=O) groups excluding carboxylic acids is 1. The fraction of sp³-hybridized carbons (Fsp3) is 0.286. The maximum atomic E-state index is 11.8. The van der Waals surface area contributed by atoms with Crippen LogP contribution in [0.2, 0.25) is 0 Å². The predicted molar refractivity (Wildman–Crippen MR) is 76.2 cm³/mol. The summed E-state index contributed by atoms with van der Waals surface area (Å²) in [7, 11) is 0. The molecule has 0 aliphatic heterocycles. The molecule has 6 nitrogen and oxygen atoms in total. The van der Waals surface area contributed by atoms with E-state index in [4.69, 9.17) is 0 Å². The number of hydrogen-bond donors (Lipinski definition) is 0. The molecule has 0 radical (unpaired) electrons. The van der Waals surface area contributed by atoms with Crippen molar-refractivity contribution in [3.8, 4) is 0 Å². The van der Waals surface area contributed by atoms with E-state index in [0.29, 0.717) is 12.8 Å². The number of imidazole rings is 1. The fourth-order valence-corrected chi connectivity index (χ4v) is 1.62. The van der Waals surface area contributed by atoms with Crippen molar-refractivity contribution in [1.82, 2.24) is 9.55 Å². The van der Waals surface area contributed by atoms with Gasteiger partial charge in [0.1, 0.15) is 18.9 Å². The standard InChI is InChI=1S/C14H17N3O3/c1-3-5-6-12(4-2)7-8-13(18)11-16-10-9-15-14(16)17(19)20/h3-6,9-10H,2,7-8,11H2,1H3/b5-3-,12-6+. The molecule has 0 saturated heterocycles. The van der Waals surface area contributed by atoms with Crippen LogP contribution in [0.5, 0.6) is 0 Å². The number of aromatic nitrogens is 2. The van der Waals surface area contributed by atoms with E-state index in [1.807, 2.05) is 25.2 Å². The Hall–Kier alpha value is -2.50. The van der Waals surface area contributed by atoms with Crippen LogP contribution in [-0.4, -0.2) is 20.3 Å². The van der Waals surface area contributed by atoms with Gasteiger partial charge in [0, 0.05) is 6.42 Å². The van der Waals surface area contributed by atoms with Gasteiger partial charge in [-0.25, -0.2) is 4.57 Å². The first-order valence-electron chi connectivity index (χ1n) is 6.20. The summed E-state index contributed by atoms with van der Waals surface area (Å²) in [5.41, 5.74) is 0.955. The van der Waals surface area contributed by atoms with Gasteiger partial charge in [0.15, 0.2) is 5.78 Å². The Morgan fingerprint density at radius 1 is 1.55 bits per heavy atom. The lowest BCUT2D eigenvalue weighted by atomic mass is 10.1. The number of nitro groups is 1. The first kappa shape index (κ1) is 15.6. The highest BCUT2D eigenvalue weighted by molar-refractivity contribution is 5.78. The van der Waals surface area contributed by atoms with Crippen LogP contribution in [0.3, 0.4) is 0 Å². The molecule has 0 fully saturated rings. The summed E-state index contributed by atoms with van der Waals surface area (Å²) in [6.45, 7) is 5.55. The molecular weight excluding hydrogens is 258 g/mol. The lowest BCUT2D eigenvalue weighted by Crippen LogP contribution is -2.11. The van der Waals surface area contributed by atoms with Crippen molar-refractivity contribution in [3.63, 3.8) is 0 Å². The second-order valence-electron chi connectivity index (χ2n) is 4.12. The Labute approximate surface area is 117 Å². The van der Waals surface area contributed by atoms with Crippen molar-refractivity contribution in [3.05, 3.63) is 59.0 Å². The minimum Gasteiger partial charge on any atom is -0.390 e. The highest BCUT2D eigenvalue weighted by Crippen LogP contribution is 2.11. The van der Waals surface area contributed by atoms with Crippen LogP contribution in [0.1, 0.15) is 19.8 Å². The molecule has 0 aliphatic rings.